The molecule has 3 aromatic carbocycles. The average molecular weight is 410 g/mol. The van der Waals surface area contributed by atoms with Crippen LogP contribution in [0.5, 0.6) is 0 Å². The van der Waals surface area contributed by atoms with Gasteiger partial charge < -0.3 is 5.11 Å². The van der Waals surface area contributed by atoms with Gasteiger partial charge in [-0.2, -0.15) is 0 Å². The lowest BCUT2D eigenvalue weighted by atomic mass is 9.95. The van der Waals surface area contributed by atoms with Gasteiger partial charge in [-0.05, 0) is 40.6 Å². The maximum Gasteiger partial charge on any atom is 0.129 e. The molecule has 21 heavy (non-hydrogen) atoms. The van der Waals surface area contributed by atoms with Crippen LogP contribution in [0.1, 0.15) is 17.2 Å². The normalized spacial score (nSPS) is 12.6. The van der Waals surface area contributed by atoms with Crippen LogP contribution in [0, 0.1) is 5.82 Å². The molecule has 1 atom stereocenters. The third kappa shape index (κ3) is 2.76. The van der Waals surface area contributed by atoms with Gasteiger partial charge in [-0.25, -0.2) is 4.39 Å². The first-order valence-electron chi connectivity index (χ1n) is 6.38. The SMILES string of the molecule is OC(c1cc(Br)ccc1F)c1ccc(Br)c2ccccc12. The van der Waals surface area contributed by atoms with Crippen LogP contribution in [0.25, 0.3) is 10.8 Å². The smallest absolute Gasteiger partial charge is 0.129 e. The topological polar surface area (TPSA) is 20.2 Å². The summed E-state index contributed by atoms with van der Waals surface area (Å²) in [5.74, 6) is -0.419. The van der Waals surface area contributed by atoms with Crippen LogP contribution in [0.3, 0.4) is 0 Å². The van der Waals surface area contributed by atoms with Crippen LogP contribution in [-0.4, -0.2) is 5.11 Å². The molecular weight excluding hydrogens is 399 g/mol. The lowest BCUT2D eigenvalue weighted by Crippen LogP contribution is -2.03. The minimum Gasteiger partial charge on any atom is -0.384 e. The summed E-state index contributed by atoms with van der Waals surface area (Å²) in [5.41, 5.74) is 0.947. The highest BCUT2D eigenvalue weighted by molar-refractivity contribution is 9.11. The molecule has 0 aliphatic rings. The molecule has 0 heterocycles. The maximum atomic E-state index is 14.0. The van der Waals surface area contributed by atoms with E-state index in [9.17, 15) is 9.50 Å². The number of benzene rings is 3. The molecule has 0 fully saturated rings. The van der Waals surface area contributed by atoms with Crippen LogP contribution in [0.15, 0.2) is 63.5 Å². The Labute approximate surface area is 138 Å². The predicted octanol–water partition coefficient (Wildman–Crippen LogP) is 5.59. The minimum absolute atomic E-state index is 0.261. The van der Waals surface area contributed by atoms with Crippen LogP contribution in [-0.2, 0) is 0 Å². The summed E-state index contributed by atoms with van der Waals surface area (Å²) in [7, 11) is 0. The highest BCUT2D eigenvalue weighted by Gasteiger charge is 2.18. The van der Waals surface area contributed by atoms with E-state index in [1.807, 2.05) is 36.4 Å². The second-order valence-corrected chi connectivity index (χ2v) is 6.52. The predicted molar refractivity (Wildman–Crippen MR) is 89.8 cm³/mol. The van der Waals surface area contributed by atoms with Crippen molar-refractivity contribution in [1.29, 1.82) is 0 Å². The number of fused-ring (bicyclic) bond motifs is 1. The fourth-order valence-corrected chi connectivity index (χ4v) is 3.27. The second kappa shape index (κ2) is 5.87. The quantitative estimate of drug-likeness (QED) is 0.585. The van der Waals surface area contributed by atoms with E-state index in [1.54, 1.807) is 12.1 Å². The van der Waals surface area contributed by atoms with E-state index in [1.165, 1.54) is 6.07 Å². The fourth-order valence-electron chi connectivity index (χ4n) is 2.42. The van der Waals surface area contributed by atoms with Gasteiger partial charge in [-0.15, -0.1) is 0 Å². The van der Waals surface area contributed by atoms with E-state index < -0.39 is 11.9 Å². The van der Waals surface area contributed by atoms with Crippen molar-refractivity contribution in [2.45, 2.75) is 6.10 Å². The number of hydrogen-bond acceptors (Lipinski definition) is 1. The summed E-state index contributed by atoms with van der Waals surface area (Å²) >= 11 is 6.81. The standard InChI is InChI=1S/C17H11Br2FO/c18-10-5-8-16(20)14(9-10)17(21)13-6-7-15(19)12-4-2-1-3-11(12)13/h1-9,17,21H. The van der Waals surface area contributed by atoms with Gasteiger partial charge in [0.15, 0.2) is 0 Å². The first-order valence-corrected chi connectivity index (χ1v) is 7.96. The molecule has 0 amide bonds. The Bertz CT molecular complexity index is 817. The summed E-state index contributed by atoms with van der Waals surface area (Å²) in [4.78, 5) is 0. The van der Waals surface area contributed by atoms with Gasteiger partial charge >= 0.3 is 0 Å². The molecule has 1 nitrogen and oxygen atoms in total. The second-order valence-electron chi connectivity index (χ2n) is 4.75. The zero-order valence-electron chi connectivity index (χ0n) is 10.9. The van der Waals surface area contributed by atoms with E-state index in [0.29, 0.717) is 5.56 Å². The van der Waals surface area contributed by atoms with Gasteiger partial charge in [0.05, 0.1) is 0 Å². The molecule has 1 N–H and O–H groups in total. The molecule has 3 rings (SSSR count). The average Bonchev–Trinajstić information content (AvgIpc) is 2.50. The van der Waals surface area contributed by atoms with Crippen LogP contribution in [0.2, 0.25) is 0 Å². The number of aliphatic hydroxyl groups is 1. The van der Waals surface area contributed by atoms with Crippen LogP contribution >= 0.6 is 31.9 Å². The lowest BCUT2D eigenvalue weighted by Gasteiger charge is -2.16. The van der Waals surface area contributed by atoms with E-state index in [2.05, 4.69) is 31.9 Å². The van der Waals surface area contributed by atoms with Crippen molar-refractivity contribution in [3.05, 3.63) is 80.5 Å². The summed E-state index contributed by atoms with van der Waals surface area (Å²) in [6.45, 7) is 0. The van der Waals surface area contributed by atoms with Gasteiger partial charge in [0, 0.05) is 14.5 Å². The summed E-state index contributed by atoms with van der Waals surface area (Å²) in [6, 6.07) is 16.0. The van der Waals surface area contributed by atoms with Crippen molar-refractivity contribution in [3.8, 4) is 0 Å². The molecule has 3 aromatic rings. The first kappa shape index (κ1) is 14.7. The summed E-state index contributed by atoms with van der Waals surface area (Å²) in [5, 5.41) is 12.5. The van der Waals surface area contributed by atoms with Crippen molar-refractivity contribution in [2.75, 3.05) is 0 Å². The molecule has 0 aromatic heterocycles. The van der Waals surface area contributed by atoms with E-state index in [0.717, 1.165) is 19.7 Å². The Morgan fingerprint density at radius 3 is 2.33 bits per heavy atom. The molecule has 0 saturated heterocycles. The van der Waals surface area contributed by atoms with E-state index in [-0.39, 0.29) is 5.56 Å². The number of aliphatic hydroxyl groups excluding tert-OH is 1. The molecule has 0 aliphatic carbocycles. The molecular formula is C17H11Br2FO. The summed E-state index contributed by atoms with van der Waals surface area (Å²) in [6.07, 6.45) is -1.01. The zero-order chi connectivity index (χ0) is 15.0. The highest BCUT2D eigenvalue weighted by atomic mass is 79.9. The Morgan fingerprint density at radius 1 is 0.857 bits per heavy atom. The molecule has 0 saturated carbocycles. The van der Waals surface area contributed by atoms with Gasteiger partial charge in [0.25, 0.3) is 0 Å². The van der Waals surface area contributed by atoms with Crippen molar-refractivity contribution in [1.82, 2.24) is 0 Å². The van der Waals surface area contributed by atoms with Gasteiger partial charge in [0.2, 0.25) is 0 Å². The Kier molecular flexibility index (Phi) is 4.11. The molecule has 0 radical (unpaired) electrons. The molecule has 0 spiro atoms. The first-order chi connectivity index (χ1) is 10.1. The number of rotatable bonds is 2. The molecule has 0 bridgehead atoms. The molecule has 106 valence electrons. The largest absolute Gasteiger partial charge is 0.384 e. The lowest BCUT2D eigenvalue weighted by molar-refractivity contribution is 0.216. The van der Waals surface area contributed by atoms with Gasteiger partial charge in [-0.3, -0.25) is 0 Å². The Morgan fingerprint density at radius 2 is 1.57 bits per heavy atom. The fraction of sp³-hybridized carbons (Fsp3) is 0.0588. The van der Waals surface area contributed by atoms with Gasteiger partial charge in [-0.1, -0.05) is 62.2 Å². The highest BCUT2D eigenvalue weighted by Crippen LogP contribution is 2.34. The van der Waals surface area contributed by atoms with E-state index >= 15 is 0 Å². The summed E-state index contributed by atoms with van der Waals surface area (Å²) < 4.78 is 15.7. The zero-order valence-corrected chi connectivity index (χ0v) is 14.0. The Hall–Kier alpha value is -1.23. The van der Waals surface area contributed by atoms with Crippen molar-refractivity contribution < 1.29 is 9.50 Å². The maximum absolute atomic E-state index is 14.0. The Balaban J connectivity index is 2.20. The monoisotopic (exact) mass is 408 g/mol. The molecule has 1 unspecified atom stereocenters. The van der Waals surface area contributed by atoms with Gasteiger partial charge in [0.1, 0.15) is 11.9 Å². The molecule has 0 aliphatic heterocycles. The third-order valence-corrected chi connectivity index (χ3v) is 4.64. The van der Waals surface area contributed by atoms with Crippen molar-refractivity contribution in [2.24, 2.45) is 0 Å². The van der Waals surface area contributed by atoms with Crippen LogP contribution in [0.4, 0.5) is 4.39 Å². The van der Waals surface area contributed by atoms with E-state index in [4.69, 9.17) is 0 Å². The number of hydrogen-bond donors (Lipinski definition) is 1. The number of halogens is 3. The molecule has 4 heteroatoms. The van der Waals surface area contributed by atoms with Crippen molar-refractivity contribution >= 4 is 42.6 Å². The van der Waals surface area contributed by atoms with Crippen molar-refractivity contribution in [3.63, 3.8) is 0 Å². The van der Waals surface area contributed by atoms with Crippen LogP contribution < -0.4 is 0 Å². The minimum atomic E-state index is -1.01. The third-order valence-electron chi connectivity index (χ3n) is 3.45.